The van der Waals surface area contributed by atoms with Crippen LogP contribution in [-0.4, -0.2) is 26.2 Å². The van der Waals surface area contributed by atoms with Crippen LogP contribution in [0.3, 0.4) is 0 Å². The van der Waals surface area contributed by atoms with Gasteiger partial charge in [-0.15, -0.1) is 5.10 Å². The summed E-state index contributed by atoms with van der Waals surface area (Å²) in [5.74, 6) is 0.915. The van der Waals surface area contributed by atoms with E-state index in [0.717, 1.165) is 25.3 Å². The van der Waals surface area contributed by atoms with E-state index >= 15 is 0 Å². The average Bonchev–Trinajstić information content (AvgIpc) is 3.17. The fraction of sp³-hybridized carbons (Fsp3) is 0.500. The van der Waals surface area contributed by atoms with E-state index in [4.69, 9.17) is 0 Å². The van der Waals surface area contributed by atoms with Gasteiger partial charge in [-0.1, -0.05) is 31.2 Å². The van der Waals surface area contributed by atoms with E-state index in [1.807, 2.05) is 4.68 Å². The lowest BCUT2D eigenvalue weighted by Gasteiger charge is -2.09. The Kier molecular flexibility index (Phi) is 3.55. The quantitative estimate of drug-likeness (QED) is 0.852. The van der Waals surface area contributed by atoms with Gasteiger partial charge in [0.25, 0.3) is 0 Å². The Hall–Kier alpha value is -1.75. The predicted molar refractivity (Wildman–Crippen MR) is 72.6 cm³/mol. The number of nitrogens with zero attached hydrogens (tertiary/aromatic N) is 4. The number of aryl methyl sites for hydroxylation is 1. The van der Waals surface area contributed by atoms with E-state index in [9.17, 15) is 0 Å². The van der Waals surface area contributed by atoms with Crippen molar-refractivity contribution in [3.05, 3.63) is 41.2 Å². The monoisotopic (exact) mass is 257 g/mol. The van der Waals surface area contributed by atoms with Crippen molar-refractivity contribution in [3.63, 3.8) is 0 Å². The lowest BCUT2D eigenvalue weighted by Crippen LogP contribution is -2.20. The molecule has 0 unspecified atom stereocenters. The topological polar surface area (TPSA) is 55.6 Å². The van der Waals surface area contributed by atoms with Crippen LogP contribution in [0.2, 0.25) is 0 Å². The fourth-order valence-electron chi connectivity index (χ4n) is 2.21. The van der Waals surface area contributed by atoms with Crippen LogP contribution in [0.25, 0.3) is 0 Å². The van der Waals surface area contributed by atoms with Crippen LogP contribution in [0, 0.1) is 0 Å². The minimum atomic E-state index is 0.674. The zero-order chi connectivity index (χ0) is 13.1. The van der Waals surface area contributed by atoms with Gasteiger partial charge in [0.2, 0.25) is 0 Å². The minimum Gasteiger partial charge on any atom is -0.307 e. The van der Waals surface area contributed by atoms with Crippen molar-refractivity contribution in [2.45, 2.75) is 45.3 Å². The highest BCUT2D eigenvalue weighted by Gasteiger charge is 2.21. The maximum absolute atomic E-state index is 4.11. The third kappa shape index (κ3) is 2.98. The Morgan fingerprint density at radius 3 is 2.79 bits per heavy atom. The summed E-state index contributed by atoms with van der Waals surface area (Å²) >= 11 is 0. The molecule has 1 aromatic heterocycles. The van der Waals surface area contributed by atoms with Gasteiger partial charge in [-0.3, -0.25) is 0 Å². The molecule has 5 nitrogen and oxygen atoms in total. The molecule has 0 saturated heterocycles. The molecule has 19 heavy (non-hydrogen) atoms. The van der Waals surface area contributed by atoms with Gasteiger partial charge in [-0.05, 0) is 40.8 Å². The highest BCUT2D eigenvalue weighted by Crippen LogP contribution is 2.19. The summed E-state index contributed by atoms with van der Waals surface area (Å²) in [5, 5.41) is 15.5. The van der Waals surface area contributed by atoms with Crippen molar-refractivity contribution in [2.24, 2.45) is 0 Å². The first-order chi connectivity index (χ1) is 9.36. The predicted octanol–water partition coefficient (Wildman–Crippen LogP) is 1.54. The number of nitrogens with one attached hydrogen (secondary N) is 1. The third-order valence-electron chi connectivity index (χ3n) is 3.55. The van der Waals surface area contributed by atoms with Crippen molar-refractivity contribution in [1.29, 1.82) is 0 Å². The van der Waals surface area contributed by atoms with E-state index < -0.39 is 0 Å². The molecule has 1 aromatic carbocycles. The fourth-order valence-corrected chi connectivity index (χ4v) is 2.21. The van der Waals surface area contributed by atoms with Crippen LogP contribution in [-0.2, 0) is 19.5 Å². The molecule has 0 aliphatic heterocycles. The molecule has 1 heterocycles. The summed E-state index contributed by atoms with van der Waals surface area (Å²) in [6.45, 7) is 3.68. The van der Waals surface area contributed by atoms with E-state index in [1.165, 1.54) is 24.0 Å². The van der Waals surface area contributed by atoms with Crippen LogP contribution < -0.4 is 5.32 Å². The number of tetrazole rings is 1. The van der Waals surface area contributed by atoms with Gasteiger partial charge in [0, 0.05) is 6.04 Å². The van der Waals surface area contributed by atoms with Crippen LogP contribution in [0.1, 0.15) is 36.7 Å². The number of benzene rings is 1. The average molecular weight is 257 g/mol. The molecule has 1 saturated carbocycles. The maximum Gasteiger partial charge on any atom is 0.165 e. The van der Waals surface area contributed by atoms with Gasteiger partial charge < -0.3 is 5.32 Å². The van der Waals surface area contributed by atoms with Crippen molar-refractivity contribution in [1.82, 2.24) is 25.5 Å². The summed E-state index contributed by atoms with van der Waals surface area (Å²) in [7, 11) is 0. The van der Waals surface area contributed by atoms with Crippen molar-refractivity contribution >= 4 is 0 Å². The summed E-state index contributed by atoms with van der Waals surface area (Å²) in [6.07, 6.45) is 3.59. The second-order valence-electron chi connectivity index (χ2n) is 5.03. The van der Waals surface area contributed by atoms with Crippen LogP contribution in [0.15, 0.2) is 24.3 Å². The van der Waals surface area contributed by atoms with E-state index in [1.54, 1.807) is 0 Å². The van der Waals surface area contributed by atoms with Crippen molar-refractivity contribution < 1.29 is 0 Å². The molecule has 1 aliphatic carbocycles. The highest BCUT2D eigenvalue weighted by molar-refractivity contribution is 5.27. The van der Waals surface area contributed by atoms with Gasteiger partial charge >= 0.3 is 0 Å². The Morgan fingerprint density at radius 2 is 2.05 bits per heavy atom. The first-order valence-corrected chi connectivity index (χ1v) is 6.92. The van der Waals surface area contributed by atoms with Gasteiger partial charge in [0.1, 0.15) is 0 Å². The number of rotatable bonds is 6. The lowest BCUT2D eigenvalue weighted by molar-refractivity contribution is 0.576. The van der Waals surface area contributed by atoms with E-state index in [-0.39, 0.29) is 0 Å². The zero-order valence-corrected chi connectivity index (χ0v) is 11.2. The van der Waals surface area contributed by atoms with Gasteiger partial charge in [-0.2, -0.15) is 0 Å². The highest BCUT2D eigenvalue weighted by atomic mass is 15.5. The summed E-state index contributed by atoms with van der Waals surface area (Å²) < 4.78 is 1.89. The minimum absolute atomic E-state index is 0.674. The molecular weight excluding hydrogens is 238 g/mol. The number of hydrogen-bond donors (Lipinski definition) is 1. The summed E-state index contributed by atoms with van der Waals surface area (Å²) in [6, 6.07) is 9.15. The largest absolute Gasteiger partial charge is 0.307 e. The SMILES string of the molecule is CCc1ccccc1Cn1nnnc1CNC1CC1. The maximum atomic E-state index is 4.11. The van der Waals surface area contributed by atoms with Gasteiger partial charge in [0.15, 0.2) is 5.82 Å². The van der Waals surface area contributed by atoms with Crippen LogP contribution in [0.4, 0.5) is 0 Å². The molecule has 0 atom stereocenters. The molecule has 2 aromatic rings. The van der Waals surface area contributed by atoms with Crippen molar-refractivity contribution in [3.8, 4) is 0 Å². The standard InChI is InChI=1S/C14H19N5/c1-2-11-5-3-4-6-12(11)10-19-14(16-17-18-19)9-15-13-7-8-13/h3-6,13,15H,2,7-10H2,1H3. The Labute approximate surface area is 113 Å². The van der Waals surface area contributed by atoms with E-state index in [0.29, 0.717) is 6.04 Å². The number of hydrogen-bond acceptors (Lipinski definition) is 4. The molecule has 1 aliphatic rings. The Morgan fingerprint density at radius 1 is 1.26 bits per heavy atom. The molecule has 0 amide bonds. The van der Waals surface area contributed by atoms with Crippen LogP contribution >= 0.6 is 0 Å². The van der Waals surface area contributed by atoms with Gasteiger partial charge in [0.05, 0.1) is 13.1 Å². The molecule has 0 radical (unpaired) electrons. The molecule has 0 spiro atoms. The van der Waals surface area contributed by atoms with Crippen molar-refractivity contribution in [2.75, 3.05) is 0 Å². The molecule has 1 N–H and O–H groups in total. The first-order valence-electron chi connectivity index (χ1n) is 6.92. The van der Waals surface area contributed by atoms with Crippen LogP contribution in [0.5, 0.6) is 0 Å². The second-order valence-corrected chi connectivity index (χ2v) is 5.03. The summed E-state index contributed by atoms with van der Waals surface area (Å²) in [4.78, 5) is 0. The molecule has 1 fully saturated rings. The smallest absolute Gasteiger partial charge is 0.165 e. The molecule has 100 valence electrons. The van der Waals surface area contributed by atoms with Gasteiger partial charge in [-0.25, -0.2) is 4.68 Å². The lowest BCUT2D eigenvalue weighted by atomic mass is 10.1. The Balaban J connectivity index is 1.73. The Bertz CT molecular complexity index is 544. The second kappa shape index (κ2) is 5.48. The normalized spacial score (nSPS) is 14.8. The molecular formula is C14H19N5. The number of aromatic nitrogens is 4. The molecule has 0 bridgehead atoms. The third-order valence-corrected chi connectivity index (χ3v) is 3.55. The first kappa shape index (κ1) is 12.3. The zero-order valence-electron chi connectivity index (χ0n) is 11.2. The molecule has 3 rings (SSSR count). The molecule has 5 heteroatoms. The van der Waals surface area contributed by atoms with E-state index in [2.05, 4.69) is 52.0 Å². The summed E-state index contributed by atoms with van der Waals surface area (Å²) in [5.41, 5.74) is 2.66.